The van der Waals surface area contributed by atoms with Crippen molar-refractivity contribution in [1.82, 2.24) is 9.97 Å². The number of imidazole rings is 1. The van der Waals surface area contributed by atoms with Crippen LogP contribution in [0.5, 0.6) is 0 Å². The van der Waals surface area contributed by atoms with Crippen molar-refractivity contribution in [1.29, 1.82) is 0 Å². The number of nitrogens with one attached hydrogen (secondary N) is 3. The van der Waals surface area contributed by atoms with E-state index >= 15 is 0 Å². The number of benzene rings is 3. The number of carbonyl (C=O) groups is 1. The van der Waals surface area contributed by atoms with Gasteiger partial charge in [0, 0.05) is 5.56 Å². The quantitative estimate of drug-likeness (QED) is 0.424. The molecule has 1 amide bonds. The predicted molar refractivity (Wildman–Crippen MR) is 113 cm³/mol. The SMILES string of the molecule is O=C(Nc1nc2ccccc2[nH]1)c1ccc(Cl)c(NS(=O)(=O)c2ccc(F)cc2)c1. The molecule has 0 saturated heterocycles. The molecule has 0 saturated carbocycles. The van der Waals surface area contributed by atoms with Gasteiger partial charge in [-0.05, 0) is 54.6 Å². The number of halogens is 2. The minimum atomic E-state index is -4.02. The highest BCUT2D eigenvalue weighted by Gasteiger charge is 2.18. The van der Waals surface area contributed by atoms with Crippen molar-refractivity contribution in [3.05, 3.63) is 83.1 Å². The molecule has 3 aromatic carbocycles. The first-order valence-electron chi connectivity index (χ1n) is 8.66. The summed E-state index contributed by atoms with van der Waals surface area (Å²) in [5, 5.41) is 2.73. The minimum absolute atomic E-state index is 0.0123. The van der Waals surface area contributed by atoms with E-state index in [1.807, 2.05) is 18.2 Å². The molecule has 0 bridgehead atoms. The number of rotatable bonds is 5. The molecule has 1 aromatic heterocycles. The van der Waals surface area contributed by atoms with Crippen LogP contribution in [0.1, 0.15) is 10.4 Å². The number of anilines is 2. The summed E-state index contributed by atoms with van der Waals surface area (Å²) in [7, 11) is -4.02. The lowest BCUT2D eigenvalue weighted by atomic mass is 10.2. The maximum absolute atomic E-state index is 13.1. The van der Waals surface area contributed by atoms with Crippen molar-refractivity contribution in [2.45, 2.75) is 4.90 Å². The van der Waals surface area contributed by atoms with Crippen molar-refractivity contribution >= 4 is 50.2 Å². The second kappa shape index (κ2) is 7.77. The number of fused-ring (bicyclic) bond motifs is 1. The fourth-order valence-corrected chi connectivity index (χ4v) is 4.05. The smallest absolute Gasteiger partial charge is 0.261 e. The molecule has 0 fully saturated rings. The lowest BCUT2D eigenvalue weighted by molar-refractivity contribution is 0.102. The molecule has 0 unspecified atom stereocenters. The summed E-state index contributed by atoms with van der Waals surface area (Å²) in [6.45, 7) is 0. The van der Waals surface area contributed by atoms with E-state index in [1.54, 1.807) is 6.07 Å². The molecular weight excluding hydrogens is 431 g/mol. The standard InChI is InChI=1S/C20H14ClFN4O3S/c21-15-10-5-12(19(27)25-20-23-16-3-1-2-4-17(16)24-20)11-18(15)26-30(28,29)14-8-6-13(22)7-9-14/h1-11,26H,(H2,23,24,25,27). The topological polar surface area (TPSA) is 104 Å². The van der Waals surface area contributed by atoms with E-state index < -0.39 is 21.7 Å². The summed E-state index contributed by atoms with van der Waals surface area (Å²) >= 11 is 6.10. The Labute approximate surface area is 176 Å². The van der Waals surface area contributed by atoms with Crippen molar-refractivity contribution in [2.24, 2.45) is 0 Å². The normalized spacial score (nSPS) is 11.4. The van der Waals surface area contributed by atoms with Crippen LogP contribution in [0.2, 0.25) is 5.02 Å². The molecule has 10 heteroatoms. The van der Waals surface area contributed by atoms with Crippen LogP contribution in [0.25, 0.3) is 11.0 Å². The number of H-pyrrole nitrogens is 1. The van der Waals surface area contributed by atoms with Crippen LogP contribution in [-0.2, 0) is 10.0 Å². The van der Waals surface area contributed by atoms with E-state index in [1.165, 1.54) is 18.2 Å². The van der Waals surface area contributed by atoms with Crippen LogP contribution in [0.15, 0.2) is 71.6 Å². The van der Waals surface area contributed by atoms with Gasteiger partial charge < -0.3 is 4.98 Å². The Bertz CT molecular complexity index is 1320. The number of amides is 1. The first-order chi connectivity index (χ1) is 14.3. The van der Waals surface area contributed by atoms with E-state index in [0.29, 0.717) is 5.52 Å². The van der Waals surface area contributed by atoms with Crippen LogP contribution in [0.4, 0.5) is 16.0 Å². The highest BCUT2D eigenvalue weighted by atomic mass is 35.5. The third-order valence-corrected chi connectivity index (χ3v) is 5.93. The zero-order valence-corrected chi connectivity index (χ0v) is 16.8. The Balaban J connectivity index is 1.57. The van der Waals surface area contributed by atoms with E-state index in [2.05, 4.69) is 20.0 Å². The van der Waals surface area contributed by atoms with Gasteiger partial charge in [-0.3, -0.25) is 14.8 Å². The molecular formula is C20H14ClFN4O3S. The van der Waals surface area contributed by atoms with E-state index in [4.69, 9.17) is 11.6 Å². The number of hydrogen-bond donors (Lipinski definition) is 3. The maximum Gasteiger partial charge on any atom is 0.261 e. The van der Waals surface area contributed by atoms with Crippen molar-refractivity contribution < 1.29 is 17.6 Å². The molecule has 0 aliphatic heterocycles. The second-order valence-electron chi connectivity index (χ2n) is 6.31. The summed E-state index contributed by atoms with van der Waals surface area (Å²) in [4.78, 5) is 19.7. The first kappa shape index (κ1) is 19.9. The Hall–Kier alpha value is -3.43. The molecule has 0 radical (unpaired) electrons. The lowest BCUT2D eigenvalue weighted by Gasteiger charge is -2.11. The van der Waals surface area contributed by atoms with Gasteiger partial charge in [0.25, 0.3) is 15.9 Å². The molecule has 0 atom stereocenters. The van der Waals surface area contributed by atoms with Gasteiger partial charge in [0.2, 0.25) is 5.95 Å². The van der Waals surface area contributed by atoms with Crippen LogP contribution in [0.3, 0.4) is 0 Å². The highest BCUT2D eigenvalue weighted by molar-refractivity contribution is 7.92. The van der Waals surface area contributed by atoms with Gasteiger partial charge in [0.1, 0.15) is 5.82 Å². The third-order valence-electron chi connectivity index (χ3n) is 4.22. The summed E-state index contributed by atoms with van der Waals surface area (Å²) in [5.41, 5.74) is 1.63. The minimum Gasteiger partial charge on any atom is -0.324 e. The number of aromatic amines is 1. The molecule has 4 rings (SSSR count). The van der Waals surface area contributed by atoms with Gasteiger partial charge in [-0.1, -0.05) is 23.7 Å². The van der Waals surface area contributed by atoms with E-state index in [0.717, 1.165) is 29.8 Å². The highest BCUT2D eigenvalue weighted by Crippen LogP contribution is 2.26. The van der Waals surface area contributed by atoms with Gasteiger partial charge in [0.05, 0.1) is 26.6 Å². The van der Waals surface area contributed by atoms with E-state index in [-0.39, 0.29) is 27.1 Å². The van der Waals surface area contributed by atoms with Gasteiger partial charge in [0.15, 0.2) is 0 Å². The van der Waals surface area contributed by atoms with Crippen molar-refractivity contribution in [3.63, 3.8) is 0 Å². The molecule has 7 nitrogen and oxygen atoms in total. The van der Waals surface area contributed by atoms with Gasteiger partial charge in [-0.25, -0.2) is 17.8 Å². The number of sulfonamides is 1. The number of nitrogens with zero attached hydrogens (tertiary/aromatic N) is 1. The lowest BCUT2D eigenvalue weighted by Crippen LogP contribution is -2.16. The number of hydrogen-bond acceptors (Lipinski definition) is 4. The van der Waals surface area contributed by atoms with E-state index in [9.17, 15) is 17.6 Å². The number of para-hydroxylation sites is 2. The predicted octanol–water partition coefficient (Wildman–Crippen LogP) is 4.41. The van der Waals surface area contributed by atoms with Crippen LogP contribution in [0, 0.1) is 5.82 Å². The molecule has 3 N–H and O–H groups in total. The van der Waals surface area contributed by atoms with Crippen LogP contribution < -0.4 is 10.0 Å². The fraction of sp³-hybridized carbons (Fsp3) is 0. The van der Waals surface area contributed by atoms with Gasteiger partial charge in [-0.2, -0.15) is 0 Å². The second-order valence-corrected chi connectivity index (χ2v) is 8.40. The van der Waals surface area contributed by atoms with Crippen LogP contribution >= 0.6 is 11.6 Å². The molecule has 0 spiro atoms. The average molecular weight is 445 g/mol. The summed E-state index contributed by atoms with van der Waals surface area (Å²) in [5.74, 6) is -0.811. The molecule has 152 valence electrons. The van der Waals surface area contributed by atoms with Crippen LogP contribution in [-0.4, -0.2) is 24.3 Å². The van der Waals surface area contributed by atoms with Crippen molar-refractivity contribution in [2.75, 3.05) is 10.0 Å². The Morgan fingerprint density at radius 2 is 1.77 bits per heavy atom. The number of carbonyl (C=O) groups excluding carboxylic acids is 1. The Morgan fingerprint density at radius 1 is 1.03 bits per heavy atom. The molecule has 0 aliphatic rings. The third kappa shape index (κ3) is 4.12. The molecule has 1 heterocycles. The summed E-state index contributed by atoms with van der Waals surface area (Å²) < 4.78 is 40.4. The summed E-state index contributed by atoms with van der Waals surface area (Å²) in [6, 6.07) is 15.8. The maximum atomic E-state index is 13.1. The average Bonchev–Trinajstić information content (AvgIpc) is 3.12. The van der Waals surface area contributed by atoms with Gasteiger partial charge >= 0.3 is 0 Å². The monoisotopic (exact) mass is 444 g/mol. The zero-order valence-electron chi connectivity index (χ0n) is 15.2. The Morgan fingerprint density at radius 3 is 2.50 bits per heavy atom. The zero-order chi connectivity index (χ0) is 21.3. The van der Waals surface area contributed by atoms with Gasteiger partial charge in [-0.15, -0.1) is 0 Å². The first-order valence-corrected chi connectivity index (χ1v) is 10.5. The largest absolute Gasteiger partial charge is 0.324 e. The molecule has 0 aliphatic carbocycles. The van der Waals surface area contributed by atoms with Crippen molar-refractivity contribution in [3.8, 4) is 0 Å². The summed E-state index contributed by atoms with van der Waals surface area (Å²) in [6.07, 6.45) is 0. The Kier molecular flexibility index (Phi) is 5.15. The number of aromatic nitrogens is 2. The molecule has 30 heavy (non-hydrogen) atoms. The fourth-order valence-electron chi connectivity index (χ4n) is 2.75. The molecule has 4 aromatic rings.